The van der Waals surface area contributed by atoms with E-state index in [1.807, 2.05) is 25.1 Å². The number of methoxy groups -OCH3 is 1. The van der Waals surface area contributed by atoms with Crippen LogP contribution < -0.4 is 4.72 Å². The summed E-state index contributed by atoms with van der Waals surface area (Å²) < 4.78 is 39.2. The average Bonchev–Trinajstić information content (AvgIpc) is 3.12. The van der Waals surface area contributed by atoms with Crippen molar-refractivity contribution in [1.29, 1.82) is 0 Å². The Labute approximate surface area is 189 Å². The zero-order chi connectivity index (χ0) is 23.1. The van der Waals surface area contributed by atoms with E-state index in [-0.39, 0.29) is 10.9 Å². The summed E-state index contributed by atoms with van der Waals surface area (Å²) in [4.78, 5) is 12.4. The molecule has 1 atom stereocenters. The summed E-state index contributed by atoms with van der Waals surface area (Å²) in [6.45, 7) is 7.23. The van der Waals surface area contributed by atoms with Crippen molar-refractivity contribution in [3.63, 3.8) is 0 Å². The van der Waals surface area contributed by atoms with Gasteiger partial charge in [-0.15, -0.1) is 0 Å². The molecule has 0 bridgehead atoms. The number of sulfonamides is 1. The number of imidazole rings is 1. The Morgan fingerprint density at radius 1 is 1.12 bits per heavy atom. The van der Waals surface area contributed by atoms with Crippen LogP contribution in [0.5, 0.6) is 0 Å². The van der Waals surface area contributed by atoms with Crippen LogP contribution in [0.15, 0.2) is 41.4 Å². The molecule has 2 N–H and O–H groups in total. The summed E-state index contributed by atoms with van der Waals surface area (Å²) in [7, 11) is -2.06. The second kappa shape index (κ2) is 11.0. The van der Waals surface area contributed by atoms with Gasteiger partial charge in [0.2, 0.25) is 10.0 Å². The minimum absolute atomic E-state index is 0.230. The molecular formula is C23H32N4O4S. The Morgan fingerprint density at radius 2 is 1.88 bits per heavy atom. The summed E-state index contributed by atoms with van der Waals surface area (Å²) in [5.74, 6) is 1.17. The summed E-state index contributed by atoms with van der Waals surface area (Å²) in [5, 5.41) is 0. The molecule has 1 aromatic carbocycles. The smallest absolute Gasteiger partial charge is 0.240 e. The van der Waals surface area contributed by atoms with E-state index in [1.165, 1.54) is 0 Å². The van der Waals surface area contributed by atoms with Crippen LogP contribution in [0.3, 0.4) is 0 Å². The van der Waals surface area contributed by atoms with Crippen LogP contribution in [-0.2, 0) is 25.9 Å². The molecular weight excluding hydrogens is 428 g/mol. The highest BCUT2D eigenvalue weighted by atomic mass is 32.2. The lowest BCUT2D eigenvalue weighted by Crippen LogP contribution is -2.39. The van der Waals surface area contributed by atoms with Gasteiger partial charge in [0.25, 0.3) is 0 Å². The third-order valence-electron chi connectivity index (χ3n) is 5.03. The first-order chi connectivity index (χ1) is 15.3. The van der Waals surface area contributed by atoms with Gasteiger partial charge in [0, 0.05) is 25.8 Å². The van der Waals surface area contributed by atoms with Crippen molar-refractivity contribution in [2.24, 2.45) is 5.92 Å². The maximum Gasteiger partial charge on any atom is 0.240 e. The number of H-pyrrole nitrogens is 1. The van der Waals surface area contributed by atoms with E-state index in [2.05, 4.69) is 33.5 Å². The fourth-order valence-corrected chi connectivity index (χ4v) is 4.83. The third kappa shape index (κ3) is 6.59. The predicted octanol–water partition coefficient (Wildman–Crippen LogP) is 3.21. The first kappa shape index (κ1) is 24.3. The van der Waals surface area contributed by atoms with E-state index in [0.29, 0.717) is 38.6 Å². The highest BCUT2D eigenvalue weighted by molar-refractivity contribution is 7.89. The number of pyridine rings is 1. The number of rotatable bonds is 12. The van der Waals surface area contributed by atoms with Crippen LogP contribution in [0.25, 0.3) is 11.0 Å². The zero-order valence-corrected chi connectivity index (χ0v) is 19.9. The number of aryl methyl sites for hydroxylation is 1. The minimum atomic E-state index is -3.66. The first-order valence-corrected chi connectivity index (χ1v) is 12.2. The Hall–Kier alpha value is -2.33. The lowest BCUT2D eigenvalue weighted by Gasteiger charge is -2.20. The lowest BCUT2D eigenvalue weighted by molar-refractivity contribution is 0.0589. The number of fused-ring (bicyclic) bond motifs is 1. The van der Waals surface area contributed by atoms with Crippen molar-refractivity contribution in [1.82, 2.24) is 19.7 Å². The molecule has 0 spiro atoms. The number of hydrogen-bond donors (Lipinski definition) is 2. The van der Waals surface area contributed by atoms with E-state index in [9.17, 15) is 8.42 Å². The third-order valence-corrected chi connectivity index (χ3v) is 6.57. The standard InChI is InChI=1S/C23H32N4O4S/c1-16(2)13-19(15-31-12-11-30-4)27-32(28,29)20-7-5-18(6-8-20)14-22-23-21(9-10-24-22)25-17(3)26-23/h5-10,16,19,27H,11-15H2,1-4H3,(H,25,26)/t19-/m0/s1. The molecule has 174 valence electrons. The maximum atomic E-state index is 12.9. The average molecular weight is 461 g/mol. The summed E-state index contributed by atoms with van der Waals surface area (Å²) in [5.41, 5.74) is 3.60. The van der Waals surface area contributed by atoms with Crippen LogP contribution >= 0.6 is 0 Å². The monoisotopic (exact) mass is 460 g/mol. The van der Waals surface area contributed by atoms with Crippen LogP contribution in [-0.4, -0.2) is 56.3 Å². The van der Waals surface area contributed by atoms with Gasteiger partial charge in [-0.1, -0.05) is 26.0 Å². The van der Waals surface area contributed by atoms with Crippen molar-refractivity contribution < 1.29 is 17.9 Å². The van der Waals surface area contributed by atoms with Crippen molar-refractivity contribution in [3.05, 3.63) is 53.6 Å². The van der Waals surface area contributed by atoms with Crippen LogP contribution in [0.2, 0.25) is 0 Å². The van der Waals surface area contributed by atoms with Gasteiger partial charge in [0.1, 0.15) is 11.3 Å². The van der Waals surface area contributed by atoms with Crippen molar-refractivity contribution in [2.75, 3.05) is 26.9 Å². The molecule has 0 aliphatic carbocycles. The molecule has 8 nitrogen and oxygen atoms in total. The number of hydrogen-bond acceptors (Lipinski definition) is 6. The molecule has 2 aromatic heterocycles. The molecule has 0 aliphatic heterocycles. The Morgan fingerprint density at radius 3 is 2.56 bits per heavy atom. The van der Waals surface area contributed by atoms with Crippen LogP contribution in [0.1, 0.15) is 37.4 Å². The normalized spacial score (nSPS) is 13.2. The molecule has 0 fully saturated rings. The predicted molar refractivity (Wildman–Crippen MR) is 124 cm³/mol. The SMILES string of the molecule is COCCOC[C@H](CC(C)C)NS(=O)(=O)c1ccc(Cc2nccc3[nH]c(C)nc23)cc1. The van der Waals surface area contributed by atoms with Gasteiger partial charge in [0.05, 0.1) is 35.9 Å². The second-order valence-electron chi connectivity index (χ2n) is 8.31. The van der Waals surface area contributed by atoms with Gasteiger partial charge in [-0.25, -0.2) is 18.1 Å². The van der Waals surface area contributed by atoms with E-state index in [1.54, 1.807) is 25.4 Å². The molecule has 0 amide bonds. The van der Waals surface area contributed by atoms with Crippen molar-refractivity contribution >= 4 is 21.1 Å². The van der Waals surface area contributed by atoms with Crippen LogP contribution in [0, 0.1) is 12.8 Å². The molecule has 0 saturated carbocycles. The van der Waals surface area contributed by atoms with Gasteiger partial charge >= 0.3 is 0 Å². The summed E-state index contributed by atoms with van der Waals surface area (Å²) in [6, 6.07) is 8.49. The highest BCUT2D eigenvalue weighted by Gasteiger charge is 2.21. The lowest BCUT2D eigenvalue weighted by atomic mass is 10.1. The number of nitrogens with zero attached hydrogens (tertiary/aromatic N) is 2. The van der Waals surface area contributed by atoms with Crippen molar-refractivity contribution in [2.45, 2.75) is 44.6 Å². The number of aromatic amines is 1. The molecule has 0 radical (unpaired) electrons. The zero-order valence-electron chi connectivity index (χ0n) is 19.1. The molecule has 2 heterocycles. The van der Waals surface area contributed by atoms with Gasteiger partial charge in [-0.3, -0.25) is 4.98 Å². The summed E-state index contributed by atoms with van der Waals surface area (Å²) >= 11 is 0. The Bertz CT molecular complexity index is 1110. The van der Waals surface area contributed by atoms with Gasteiger partial charge < -0.3 is 14.5 Å². The van der Waals surface area contributed by atoms with Gasteiger partial charge in [-0.05, 0) is 43.0 Å². The second-order valence-corrected chi connectivity index (χ2v) is 10.0. The molecule has 32 heavy (non-hydrogen) atoms. The first-order valence-electron chi connectivity index (χ1n) is 10.8. The topological polar surface area (TPSA) is 106 Å². The van der Waals surface area contributed by atoms with Gasteiger partial charge in [0.15, 0.2) is 0 Å². The van der Waals surface area contributed by atoms with E-state index < -0.39 is 10.0 Å². The number of aromatic nitrogens is 3. The highest BCUT2D eigenvalue weighted by Crippen LogP contribution is 2.19. The maximum absolute atomic E-state index is 12.9. The molecule has 0 unspecified atom stereocenters. The minimum Gasteiger partial charge on any atom is -0.382 e. The number of nitrogens with one attached hydrogen (secondary N) is 2. The van der Waals surface area contributed by atoms with E-state index in [0.717, 1.165) is 28.1 Å². The molecule has 0 saturated heterocycles. The Kier molecular flexibility index (Phi) is 8.36. The quantitative estimate of drug-likeness (QED) is 0.402. The number of ether oxygens (including phenoxy) is 2. The summed E-state index contributed by atoms with van der Waals surface area (Å²) in [6.07, 6.45) is 3.00. The fraction of sp³-hybridized carbons (Fsp3) is 0.478. The Balaban J connectivity index is 1.70. The number of benzene rings is 1. The largest absolute Gasteiger partial charge is 0.382 e. The fourth-order valence-electron chi connectivity index (χ4n) is 3.60. The molecule has 0 aliphatic rings. The van der Waals surface area contributed by atoms with E-state index in [4.69, 9.17) is 9.47 Å². The van der Waals surface area contributed by atoms with Crippen molar-refractivity contribution in [3.8, 4) is 0 Å². The van der Waals surface area contributed by atoms with Crippen LogP contribution in [0.4, 0.5) is 0 Å². The van der Waals surface area contributed by atoms with Gasteiger partial charge in [-0.2, -0.15) is 0 Å². The molecule has 3 rings (SSSR count). The molecule has 3 aromatic rings. The molecule has 9 heteroatoms. The van der Waals surface area contributed by atoms with E-state index >= 15 is 0 Å².